The van der Waals surface area contributed by atoms with Crippen LogP contribution in [0.25, 0.3) is 0 Å². The second kappa shape index (κ2) is 8.09. The second-order valence-electron chi connectivity index (χ2n) is 7.72. The molecular weight excluding hydrogens is 429 g/mol. The van der Waals surface area contributed by atoms with Gasteiger partial charge in [-0.25, -0.2) is 9.40 Å². The molecule has 0 fully saturated rings. The van der Waals surface area contributed by atoms with Crippen molar-refractivity contribution >= 4 is 11.4 Å². The highest BCUT2D eigenvalue weighted by atomic mass is 19.1. The fourth-order valence-electron chi connectivity index (χ4n) is 4.23. The molecule has 2 unspecified atom stereocenters. The van der Waals surface area contributed by atoms with E-state index in [-0.39, 0.29) is 17.5 Å². The average molecular weight is 449 g/mol. The van der Waals surface area contributed by atoms with Gasteiger partial charge in [0, 0.05) is 35.2 Å². The molecule has 0 aliphatic carbocycles. The average Bonchev–Trinajstić information content (AvgIpc) is 3.29. The van der Waals surface area contributed by atoms with Crippen molar-refractivity contribution in [2.24, 2.45) is 5.10 Å². The zero-order valence-electron chi connectivity index (χ0n) is 17.9. The molecule has 3 aromatic carbocycles. The zero-order valence-corrected chi connectivity index (χ0v) is 17.9. The number of nitrogens with zero attached hydrogens (tertiary/aromatic N) is 3. The summed E-state index contributed by atoms with van der Waals surface area (Å²) in [5.41, 5.74) is 3.00. The maximum Gasteiger partial charge on any atom is 0.270 e. The topological polar surface area (TPSA) is 86.4 Å². The molecule has 2 heterocycles. The molecule has 9 heteroatoms. The molecule has 33 heavy (non-hydrogen) atoms. The molecule has 0 saturated carbocycles. The van der Waals surface area contributed by atoms with Crippen LogP contribution in [0.3, 0.4) is 0 Å². The second-order valence-corrected chi connectivity index (χ2v) is 7.72. The molecule has 2 aliphatic rings. The lowest BCUT2D eigenvalue weighted by atomic mass is 9.95. The van der Waals surface area contributed by atoms with Crippen LogP contribution >= 0.6 is 0 Å². The van der Waals surface area contributed by atoms with E-state index in [1.54, 1.807) is 43.5 Å². The van der Waals surface area contributed by atoms with Crippen LogP contribution in [-0.2, 0) is 0 Å². The number of halogens is 1. The minimum atomic E-state index is -0.609. The predicted octanol–water partition coefficient (Wildman–Crippen LogP) is 4.99. The first-order valence-electron chi connectivity index (χ1n) is 10.3. The Morgan fingerprint density at radius 2 is 1.82 bits per heavy atom. The minimum Gasteiger partial charge on any atom is -0.493 e. The van der Waals surface area contributed by atoms with Gasteiger partial charge >= 0.3 is 0 Å². The number of non-ortho nitro benzene ring substituents is 1. The number of benzene rings is 3. The van der Waals surface area contributed by atoms with Gasteiger partial charge in [0.25, 0.3) is 5.69 Å². The Balaban J connectivity index is 1.59. The molecule has 0 aromatic heterocycles. The summed E-state index contributed by atoms with van der Waals surface area (Å²) in [7, 11) is 3.13. The SMILES string of the molecule is COc1ccc(C2=NN3C(C2)c2cc([N+](=O)[O-])ccc2OC3c2ccc(F)cc2)cc1OC. The van der Waals surface area contributed by atoms with Crippen LogP contribution in [0.2, 0.25) is 0 Å². The number of nitro groups is 1. The van der Waals surface area contributed by atoms with Crippen LogP contribution in [0, 0.1) is 15.9 Å². The third kappa shape index (κ3) is 3.61. The Hall–Kier alpha value is -4.14. The van der Waals surface area contributed by atoms with Crippen molar-refractivity contribution in [1.82, 2.24) is 5.01 Å². The number of fused-ring (bicyclic) bond motifs is 3. The van der Waals surface area contributed by atoms with Crippen LogP contribution in [0.4, 0.5) is 10.1 Å². The van der Waals surface area contributed by atoms with Gasteiger partial charge in [0.1, 0.15) is 11.6 Å². The molecule has 8 nitrogen and oxygen atoms in total. The molecule has 0 saturated heterocycles. The molecule has 0 amide bonds. The van der Waals surface area contributed by atoms with Gasteiger partial charge in [-0.3, -0.25) is 10.1 Å². The molecule has 0 N–H and O–H groups in total. The van der Waals surface area contributed by atoms with Crippen LogP contribution < -0.4 is 14.2 Å². The van der Waals surface area contributed by atoms with E-state index >= 15 is 0 Å². The van der Waals surface area contributed by atoms with Crippen LogP contribution in [0.5, 0.6) is 17.2 Å². The zero-order chi connectivity index (χ0) is 23.1. The number of hydrogen-bond donors (Lipinski definition) is 0. The predicted molar refractivity (Wildman–Crippen MR) is 118 cm³/mol. The molecular formula is C24H20FN3O5. The van der Waals surface area contributed by atoms with Crippen molar-refractivity contribution in [2.75, 3.05) is 14.2 Å². The van der Waals surface area contributed by atoms with Gasteiger partial charge in [0.05, 0.1) is 30.9 Å². The number of methoxy groups -OCH3 is 2. The first kappa shape index (κ1) is 20.7. The molecule has 2 atom stereocenters. The van der Waals surface area contributed by atoms with E-state index in [1.165, 1.54) is 24.3 Å². The van der Waals surface area contributed by atoms with Crippen LogP contribution in [-0.4, -0.2) is 29.9 Å². The van der Waals surface area contributed by atoms with Crippen molar-refractivity contribution in [1.29, 1.82) is 0 Å². The van der Waals surface area contributed by atoms with Crippen molar-refractivity contribution in [3.63, 3.8) is 0 Å². The van der Waals surface area contributed by atoms with E-state index in [0.717, 1.165) is 16.8 Å². The molecule has 5 rings (SSSR count). The summed E-state index contributed by atoms with van der Waals surface area (Å²) < 4.78 is 30.5. The van der Waals surface area contributed by atoms with E-state index in [2.05, 4.69) is 0 Å². The van der Waals surface area contributed by atoms with Crippen LogP contribution in [0.15, 0.2) is 65.8 Å². The molecule has 0 spiro atoms. The highest BCUT2D eigenvalue weighted by Gasteiger charge is 2.41. The molecule has 0 radical (unpaired) electrons. The summed E-state index contributed by atoms with van der Waals surface area (Å²) >= 11 is 0. The van der Waals surface area contributed by atoms with Crippen molar-refractivity contribution < 1.29 is 23.5 Å². The van der Waals surface area contributed by atoms with Gasteiger partial charge in [0.15, 0.2) is 11.5 Å². The lowest BCUT2D eigenvalue weighted by Crippen LogP contribution is -2.33. The van der Waals surface area contributed by atoms with Crippen LogP contribution in [0.1, 0.15) is 35.4 Å². The van der Waals surface area contributed by atoms with E-state index in [4.69, 9.17) is 19.3 Å². The normalized spacial score (nSPS) is 18.6. The molecule has 168 valence electrons. The molecule has 3 aromatic rings. The molecule has 0 bridgehead atoms. The highest BCUT2D eigenvalue weighted by Crippen LogP contribution is 2.48. The van der Waals surface area contributed by atoms with Gasteiger partial charge in [-0.05, 0) is 36.4 Å². The van der Waals surface area contributed by atoms with Crippen molar-refractivity contribution in [3.05, 3.63) is 93.3 Å². The van der Waals surface area contributed by atoms with E-state index in [1.807, 2.05) is 12.1 Å². The summed E-state index contributed by atoms with van der Waals surface area (Å²) in [6.07, 6.45) is -0.104. The summed E-state index contributed by atoms with van der Waals surface area (Å²) in [4.78, 5) is 10.9. The maximum atomic E-state index is 13.5. The smallest absolute Gasteiger partial charge is 0.270 e. The summed E-state index contributed by atoms with van der Waals surface area (Å²) in [5.74, 6) is 1.37. The Morgan fingerprint density at radius 3 is 2.52 bits per heavy atom. The van der Waals surface area contributed by atoms with Gasteiger partial charge in [0.2, 0.25) is 6.23 Å². The summed E-state index contributed by atoms with van der Waals surface area (Å²) in [6.45, 7) is 0. The first-order valence-corrected chi connectivity index (χ1v) is 10.3. The third-order valence-electron chi connectivity index (χ3n) is 5.86. The number of nitro benzene ring substituents is 1. The fourth-order valence-corrected chi connectivity index (χ4v) is 4.23. The number of ether oxygens (including phenoxy) is 3. The van der Waals surface area contributed by atoms with Gasteiger partial charge in [-0.2, -0.15) is 5.10 Å². The Labute approximate surface area is 189 Å². The summed E-state index contributed by atoms with van der Waals surface area (Å²) in [6, 6.07) is 15.8. The van der Waals surface area contributed by atoms with Gasteiger partial charge < -0.3 is 14.2 Å². The molecule has 2 aliphatic heterocycles. The standard InChI is InChI=1S/C24H20FN3O5/c1-31-22-9-5-15(11-23(22)32-2)19-13-20-18-12-17(28(29)30)8-10-21(18)33-24(27(20)26-19)14-3-6-16(25)7-4-14/h3-12,20,24H,13H2,1-2H3. The monoisotopic (exact) mass is 449 g/mol. The minimum absolute atomic E-state index is 0.0166. The van der Waals surface area contributed by atoms with E-state index in [9.17, 15) is 14.5 Å². The third-order valence-corrected chi connectivity index (χ3v) is 5.86. The lowest BCUT2D eigenvalue weighted by molar-refractivity contribution is -0.385. The van der Waals surface area contributed by atoms with E-state index < -0.39 is 11.2 Å². The maximum absolute atomic E-state index is 13.5. The van der Waals surface area contributed by atoms with E-state index in [0.29, 0.717) is 29.2 Å². The summed E-state index contributed by atoms with van der Waals surface area (Å²) in [5, 5.41) is 18.0. The largest absolute Gasteiger partial charge is 0.493 e. The van der Waals surface area contributed by atoms with Crippen molar-refractivity contribution in [3.8, 4) is 17.2 Å². The fraction of sp³-hybridized carbons (Fsp3) is 0.208. The quantitative estimate of drug-likeness (QED) is 0.403. The van der Waals surface area contributed by atoms with Gasteiger partial charge in [-0.1, -0.05) is 12.1 Å². The van der Waals surface area contributed by atoms with Gasteiger partial charge in [-0.15, -0.1) is 0 Å². The number of hydrogen-bond acceptors (Lipinski definition) is 7. The highest BCUT2D eigenvalue weighted by molar-refractivity contribution is 6.02. The Kier molecular flexibility index (Phi) is 5.08. The Morgan fingerprint density at radius 1 is 1.06 bits per heavy atom. The number of hydrazone groups is 1. The van der Waals surface area contributed by atoms with Crippen molar-refractivity contribution in [2.45, 2.75) is 18.7 Å². The number of rotatable bonds is 5. The lowest BCUT2D eigenvalue weighted by Gasteiger charge is -2.38. The Bertz CT molecular complexity index is 1260. The first-order chi connectivity index (χ1) is 16.0.